The highest BCUT2D eigenvalue weighted by atomic mass is 16.6. The number of esters is 3. The number of carbonyl (C=O) groups is 3. The quantitative estimate of drug-likeness (QED) is 0.0344. The zero-order valence-electron chi connectivity index (χ0n) is 43.9. The highest BCUT2D eigenvalue weighted by Crippen LogP contribution is 2.18. The summed E-state index contributed by atoms with van der Waals surface area (Å²) in [6, 6.07) is 0. The van der Waals surface area contributed by atoms with Gasteiger partial charge in [-0.25, -0.2) is 0 Å². The average Bonchev–Trinajstić information content (AvgIpc) is 3.27. The fraction of sp³-hybridized carbons (Fsp3) is 0.948. The minimum absolute atomic E-state index is 0.0627. The summed E-state index contributed by atoms with van der Waals surface area (Å²) >= 11 is 0. The molecule has 380 valence electrons. The van der Waals surface area contributed by atoms with Crippen LogP contribution in [0.5, 0.6) is 0 Å². The Morgan fingerprint density at radius 3 is 0.766 bits per heavy atom. The van der Waals surface area contributed by atoms with Crippen LogP contribution in [0.15, 0.2) is 0 Å². The van der Waals surface area contributed by atoms with Crippen molar-refractivity contribution >= 4 is 17.9 Å². The van der Waals surface area contributed by atoms with Crippen molar-refractivity contribution in [2.45, 2.75) is 330 Å². The van der Waals surface area contributed by atoms with Crippen molar-refractivity contribution in [1.29, 1.82) is 0 Å². The van der Waals surface area contributed by atoms with E-state index in [2.05, 4.69) is 34.6 Å². The van der Waals surface area contributed by atoms with Crippen molar-refractivity contribution in [3.63, 3.8) is 0 Å². The second-order valence-electron chi connectivity index (χ2n) is 20.9. The molecule has 0 heterocycles. The fourth-order valence-corrected chi connectivity index (χ4v) is 8.87. The van der Waals surface area contributed by atoms with E-state index in [1.54, 1.807) is 0 Å². The molecule has 1 atom stereocenters. The van der Waals surface area contributed by atoms with E-state index in [0.29, 0.717) is 19.3 Å². The standard InChI is InChI=1S/C58H112O6/c1-6-7-8-9-10-11-12-13-14-18-23-28-33-38-43-48-56(59)62-51-55(64-58(61)50-45-40-35-30-25-20-22-27-32-37-42-47-54(4)5)52-63-57(60)49-44-39-34-29-24-19-16-15-17-21-26-31-36-41-46-53(2)3/h53-55H,6-52H2,1-5H3/t55-/m0/s1. The molecule has 0 saturated carbocycles. The zero-order chi connectivity index (χ0) is 46.8. The average molecular weight is 906 g/mol. The van der Waals surface area contributed by atoms with Crippen LogP contribution in [0.3, 0.4) is 0 Å². The molecule has 0 rings (SSSR count). The van der Waals surface area contributed by atoms with Gasteiger partial charge < -0.3 is 14.2 Å². The predicted molar refractivity (Wildman–Crippen MR) is 275 cm³/mol. The van der Waals surface area contributed by atoms with Crippen LogP contribution in [0.25, 0.3) is 0 Å². The summed E-state index contributed by atoms with van der Waals surface area (Å²) in [5.41, 5.74) is 0. The third-order valence-electron chi connectivity index (χ3n) is 13.2. The number of hydrogen-bond acceptors (Lipinski definition) is 6. The second kappa shape index (κ2) is 50.8. The molecule has 0 spiro atoms. The first-order chi connectivity index (χ1) is 31.2. The van der Waals surface area contributed by atoms with Gasteiger partial charge in [0, 0.05) is 19.3 Å². The smallest absolute Gasteiger partial charge is 0.306 e. The van der Waals surface area contributed by atoms with Crippen LogP contribution >= 0.6 is 0 Å². The summed E-state index contributed by atoms with van der Waals surface area (Å²) in [4.78, 5) is 38.1. The van der Waals surface area contributed by atoms with Crippen molar-refractivity contribution in [2.75, 3.05) is 13.2 Å². The highest BCUT2D eigenvalue weighted by molar-refractivity contribution is 5.71. The van der Waals surface area contributed by atoms with Crippen molar-refractivity contribution in [1.82, 2.24) is 0 Å². The Hall–Kier alpha value is -1.59. The molecule has 0 fully saturated rings. The number of carbonyl (C=O) groups excluding carboxylic acids is 3. The lowest BCUT2D eigenvalue weighted by molar-refractivity contribution is -0.167. The molecule has 0 bridgehead atoms. The van der Waals surface area contributed by atoms with Crippen molar-refractivity contribution in [2.24, 2.45) is 11.8 Å². The molecule has 0 aromatic heterocycles. The van der Waals surface area contributed by atoms with Gasteiger partial charge in [0.05, 0.1) is 0 Å². The normalized spacial score (nSPS) is 12.0. The third kappa shape index (κ3) is 51.4. The molecular weight excluding hydrogens is 793 g/mol. The monoisotopic (exact) mass is 905 g/mol. The van der Waals surface area contributed by atoms with Crippen LogP contribution in [-0.2, 0) is 28.6 Å². The minimum Gasteiger partial charge on any atom is -0.462 e. The summed E-state index contributed by atoms with van der Waals surface area (Å²) in [7, 11) is 0. The first kappa shape index (κ1) is 62.4. The summed E-state index contributed by atoms with van der Waals surface area (Å²) in [6.07, 6.45) is 53.8. The molecule has 0 unspecified atom stereocenters. The number of ether oxygens (including phenoxy) is 3. The lowest BCUT2D eigenvalue weighted by atomic mass is 10.0. The number of unbranched alkanes of at least 4 members (excludes halogenated alkanes) is 37. The van der Waals surface area contributed by atoms with Gasteiger partial charge in [-0.05, 0) is 31.1 Å². The molecule has 0 aliphatic rings. The Bertz CT molecular complexity index is 978. The zero-order valence-corrected chi connectivity index (χ0v) is 43.9. The third-order valence-corrected chi connectivity index (χ3v) is 13.2. The van der Waals surface area contributed by atoms with E-state index in [1.807, 2.05) is 0 Å². The molecule has 0 N–H and O–H groups in total. The summed E-state index contributed by atoms with van der Waals surface area (Å²) in [6.45, 7) is 11.4. The number of hydrogen-bond donors (Lipinski definition) is 0. The van der Waals surface area contributed by atoms with Gasteiger partial charge in [-0.15, -0.1) is 0 Å². The summed E-state index contributed by atoms with van der Waals surface area (Å²) in [5, 5.41) is 0. The molecule has 0 aliphatic heterocycles. The van der Waals surface area contributed by atoms with Crippen molar-refractivity contribution in [3.8, 4) is 0 Å². The molecule has 0 aliphatic carbocycles. The van der Waals surface area contributed by atoms with E-state index in [4.69, 9.17) is 14.2 Å². The Labute approximate surface area is 399 Å². The molecule has 64 heavy (non-hydrogen) atoms. The molecule has 0 amide bonds. The van der Waals surface area contributed by atoms with Crippen LogP contribution in [0.4, 0.5) is 0 Å². The van der Waals surface area contributed by atoms with Gasteiger partial charge >= 0.3 is 17.9 Å². The topological polar surface area (TPSA) is 78.9 Å². The second-order valence-corrected chi connectivity index (χ2v) is 20.9. The van der Waals surface area contributed by atoms with Crippen LogP contribution in [0.2, 0.25) is 0 Å². The molecule has 0 radical (unpaired) electrons. The number of rotatable bonds is 52. The maximum Gasteiger partial charge on any atom is 0.306 e. The van der Waals surface area contributed by atoms with E-state index in [9.17, 15) is 14.4 Å². The maximum atomic E-state index is 12.8. The largest absolute Gasteiger partial charge is 0.462 e. The lowest BCUT2D eigenvalue weighted by Crippen LogP contribution is -2.30. The van der Waals surface area contributed by atoms with Crippen LogP contribution in [0, 0.1) is 11.8 Å². The molecule has 0 aromatic carbocycles. The van der Waals surface area contributed by atoms with Crippen molar-refractivity contribution < 1.29 is 28.6 Å². The molecule has 0 aromatic rings. The Morgan fingerprint density at radius 2 is 0.516 bits per heavy atom. The molecule has 0 saturated heterocycles. The van der Waals surface area contributed by atoms with Gasteiger partial charge in [-0.2, -0.15) is 0 Å². The van der Waals surface area contributed by atoms with E-state index < -0.39 is 6.10 Å². The maximum absolute atomic E-state index is 12.8. The van der Waals surface area contributed by atoms with Crippen molar-refractivity contribution in [3.05, 3.63) is 0 Å². The Balaban J connectivity index is 4.29. The lowest BCUT2D eigenvalue weighted by Gasteiger charge is -2.18. The van der Waals surface area contributed by atoms with Gasteiger partial charge in [-0.1, -0.05) is 285 Å². The first-order valence-electron chi connectivity index (χ1n) is 28.7. The van der Waals surface area contributed by atoms with Gasteiger partial charge in [0.1, 0.15) is 13.2 Å². The minimum atomic E-state index is -0.762. The van der Waals surface area contributed by atoms with E-state index in [-0.39, 0.29) is 31.1 Å². The Kier molecular flexibility index (Phi) is 49.6. The fourth-order valence-electron chi connectivity index (χ4n) is 8.87. The molecule has 6 nitrogen and oxygen atoms in total. The van der Waals surface area contributed by atoms with Gasteiger partial charge in [0.2, 0.25) is 0 Å². The van der Waals surface area contributed by atoms with Gasteiger partial charge in [0.15, 0.2) is 6.10 Å². The van der Waals surface area contributed by atoms with Crippen LogP contribution in [0.1, 0.15) is 324 Å². The molecule has 6 heteroatoms. The summed E-state index contributed by atoms with van der Waals surface area (Å²) in [5.74, 6) is 0.830. The van der Waals surface area contributed by atoms with E-state index in [0.717, 1.165) is 69.6 Å². The van der Waals surface area contributed by atoms with Crippen LogP contribution in [-0.4, -0.2) is 37.2 Å². The SMILES string of the molecule is CCCCCCCCCCCCCCCCCC(=O)OC[C@@H](COC(=O)CCCCCCCCCCCCCCCCC(C)C)OC(=O)CCCCCCCCCCCCCC(C)C. The Morgan fingerprint density at radius 1 is 0.297 bits per heavy atom. The predicted octanol–water partition coefficient (Wildman–Crippen LogP) is 18.9. The first-order valence-corrected chi connectivity index (χ1v) is 28.7. The van der Waals surface area contributed by atoms with E-state index in [1.165, 1.54) is 212 Å². The van der Waals surface area contributed by atoms with Crippen LogP contribution < -0.4 is 0 Å². The van der Waals surface area contributed by atoms with E-state index >= 15 is 0 Å². The van der Waals surface area contributed by atoms with Gasteiger partial charge in [0.25, 0.3) is 0 Å². The highest BCUT2D eigenvalue weighted by Gasteiger charge is 2.19. The van der Waals surface area contributed by atoms with Gasteiger partial charge in [-0.3, -0.25) is 14.4 Å². The summed E-state index contributed by atoms with van der Waals surface area (Å²) < 4.78 is 16.9. The molecular formula is C58H112O6.